The number of halogens is 3. The molecular weight excluding hydrogens is 407 g/mol. The van der Waals surface area contributed by atoms with E-state index >= 15 is 0 Å². The molecule has 0 bridgehead atoms. The molecular formula is C23H22F3N3O2. The predicted molar refractivity (Wildman–Crippen MR) is 112 cm³/mol. The molecule has 1 aliphatic heterocycles. The molecule has 0 spiro atoms. The summed E-state index contributed by atoms with van der Waals surface area (Å²) < 4.78 is 45.8. The topological polar surface area (TPSA) is 54.5 Å². The molecule has 0 atom stereocenters. The van der Waals surface area contributed by atoms with Crippen LogP contribution < -0.4 is 5.32 Å². The van der Waals surface area contributed by atoms with E-state index in [0.29, 0.717) is 22.3 Å². The quantitative estimate of drug-likeness (QED) is 0.575. The van der Waals surface area contributed by atoms with Crippen LogP contribution in [0, 0.1) is 0 Å². The van der Waals surface area contributed by atoms with Crippen molar-refractivity contribution in [1.82, 2.24) is 9.88 Å². The number of nitrogens with one attached hydrogen (secondary N) is 1. The Bertz CT molecular complexity index is 1090. The second-order valence-electron chi connectivity index (χ2n) is 7.64. The molecule has 5 nitrogen and oxygen atoms in total. The van der Waals surface area contributed by atoms with Crippen molar-refractivity contribution in [1.29, 1.82) is 0 Å². The summed E-state index contributed by atoms with van der Waals surface area (Å²) in [7, 11) is 2.03. The normalized spacial score (nSPS) is 15.7. The van der Waals surface area contributed by atoms with E-state index in [1.807, 2.05) is 7.05 Å². The zero-order chi connectivity index (χ0) is 22.0. The van der Waals surface area contributed by atoms with Gasteiger partial charge in [-0.1, -0.05) is 24.3 Å². The van der Waals surface area contributed by atoms with E-state index in [0.717, 1.165) is 32.0 Å². The third-order valence-corrected chi connectivity index (χ3v) is 5.43. The molecule has 1 fully saturated rings. The van der Waals surface area contributed by atoms with Gasteiger partial charge in [0, 0.05) is 30.4 Å². The highest BCUT2D eigenvalue weighted by Gasteiger charge is 2.33. The van der Waals surface area contributed by atoms with Crippen molar-refractivity contribution in [3.05, 3.63) is 65.9 Å². The second kappa shape index (κ2) is 8.55. The molecule has 162 valence electrons. The number of hydrogen-bond donors (Lipinski definition) is 1. The molecule has 8 heteroatoms. The number of ether oxygens (including phenoxy) is 1. The fraction of sp³-hybridized carbons (Fsp3) is 0.304. The molecule has 1 aromatic heterocycles. The Hall–Kier alpha value is -3.13. The minimum absolute atomic E-state index is 0.146. The maximum atomic E-state index is 13.4. The number of nitrogens with zero attached hydrogens (tertiary/aromatic N) is 2. The molecule has 0 unspecified atom stereocenters. The van der Waals surface area contributed by atoms with Gasteiger partial charge in [0.25, 0.3) is 0 Å². The van der Waals surface area contributed by atoms with Gasteiger partial charge >= 0.3 is 12.1 Å². The van der Waals surface area contributed by atoms with Crippen LogP contribution in [-0.2, 0) is 10.9 Å². The van der Waals surface area contributed by atoms with Crippen LogP contribution >= 0.6 is 0 Å². The van der Waals surface area contributed by atoms with Crippen molar-refractivity contribution in [2.75, 3.05) is 25.5 Å². The number of anilines is 2. The van der Waals surface area contributed by atoms with Crippen LogP contribution in [0.4, 0.5) is 24.5 Å². The summed E-state index contributed by atoms with van der Waals surface area (Å²) in [6, 6.07) is 12.3. The number of benzene rings is 2. The lowest BCUT2D eigenvalue weighted by Gasteiger charge is -2.28. The van der Waals surface area contributed by atoms with Crippen LogP contribution in [0.1, 0.15) is 28.8 Å². The van der Waals surface area contributed by atoms with Crippen LogP contribution in [0.2, 0.25) is 0 Å². The maximum Gasteiger partial charge on any atom is 0.418 e. The van der Waals surface area contributed by atoms with Gasteiger partial charge in [0.2, 0.25) is 0 Å². The van der Waals surface area contributed by atoms with Crippen molar-refractivity contribution in [3.63, 3.8) is 0 Å². The van der Waals surface area contributed by atoms with E-state index in [1.165, 1.54) is 12.3 Å². The van der Waals surface area contributed by atoms with E-state index in [9.17, 15) is 18.0 Å². The lowest BCUT2D eigenvalue weighted by Crippen LogP contribution is -2.35. The second-order valence-corrected chi connectivity index (χ2v) is 7.64. The van der Waals surface area contributed by atoms with Gasteiger partial charge in [0.05, 0.1) is 22.3 Å². The Labute approximate surface area is 177 Å². The van der Waals surface area contributed by atoms with Gasteiger partial charge in [-0.05, 0) is 44.2 Å². The number of aromatic nitrogens is 1. The SMILES string of the molecule is CN1CCC(OC(=O)c2ccccc2Nc2ccnc3c(C(F)(F)F)cccc23)CC1. The number of alkyl halides is 3. The molecule has 31 heavy (non-hydrogen) atoms. The Morgan fingerprint density at radius 1 is 1.06 bits per heavy atom. The third kappa shape index (κ3) is 4.64. The van der Waals surface area contributed by atoms with Crippen LogP contribution in [0.25, 0.3) is 10.9 Å². The van der Waals surface area contributed by atoms with E-state index in [-0.39, 0.29) is 11.6 Å². The van der Waals surface area contributed by atoms with Gasteiger partial charge in [-0.15, -0.1) is 0 Å². The maximum absolute atomic E-state index is 13.4. The van der Waals surface area contributed by atoms with E-state index < -0.39 is 17.7 Å². The summed E-state index contributed by atoms with van der Waals surface area (Å²) in [6.07, 6.45) is -1.80. The van der Waals surface area contributed by atoms with Gasteiger partial charge < -0.3 is 15.0 Å². The van der Waals surface area contributed by atoms with Crippen molar-refractivity contribution in [3.8, 4) is 0 Å². The summed E-state index contributed by atoms with van der Waals surface area (Å²) in [5.41, 5.74) is 0.273. The zero-order valence-corrected chi connectivity index (χ0v) is 16.9. The molecule has 0 radical (unpaired) electrons. The highest BCUT2D eigenvalue weighted by Crippen LogP contribution is 2.36. The van der Waals surface area contributed by atoms with Crippen LogP contribution in [0.5, 0.6) is 0 Å². The number of carbonyl (C=O) groups excluding carboxylic acids is 1. The molecule has 2 aromatic carbocycles. The number of fused-ring (bicyclic) bond motifs is 1. The van der Waals surface area contributed by atoms with Crippen molar-refractivity contribution >= 4 is 28.2 Å². The third-order valence-electron chi connectivity index (χ3n) is 5.43. The molecule has 2 heterocycles. The van der Waals surface area contributed by atoms with Crippen LogP contribution in [0.3, 0.4) is 0 Å². The number of piperidine rings is 1. The molecule has 0 aliphatic carbocycles. The minimum atomic E-state index is -4.51. The summed E-state index contributed by atoms with van der Waals surface area (Å²) in [5.74, 6) is -0.452. The molecule has 0 amide bonds. The van der Waals surface area contributed by atoms with Gasteiger partial charge in [-0.3, -0.25) is 4.98 Å². The van der Waals surface area contributed by atoms with Gasteiger partial charge in [-0.25, -0.2) is 4.79 Å². The number of pyridine rings is 1. The largest absolute Gasteiger partial charge is 0.459 e. The van der Waals surface area contributed by atoms with Crippen molar-refractivity contribution < 1.29 is 22.7 Å². The summed E-state index contributed by atoms with van der Waals surface area (Å²) >= 11 is 0. The Morgan fingerprint density at radius 2 is 1.81 bits per heavy atom. The zero-order valence-electron chi connectivity index (χ0n) is 16.9. The number of carbonyl (C=O) groups is 1. The Balaban J connectivity index is 1.62. The lowest BCUT2D eigenvalue weighted by molar-refractivity contribution is -0.136. The summed E-state index contributed by atoms with van der Waals surface area (Å²) in [5, 5.41) is 3.42. The van der Waals surface area contributed by atoms with Crippen molar-refractivity contribution in [2.45, 2.75) is 25.1 Å². The van der Waals surface area contributed by atoms with Crippen LogP contribution in [0.15, 0.2) is 54.7 Å². The first-order chi connectivity index (χ1) is 14.8. The molecule has 1 saturated heterocycles. The molecule has 4 rings (SSSR count). The van der Waals surface area contributed by atoms with Gasteiger partial charge in [-0.2, -0.15) is 13.2 Å². The summed E-state index contributed by atoms with van der Waals surface area (Å²) in [6.45, 7) is 1.73. The highest BCUT2D eigenvalue weighted by atomic mass is 19.4. The first-order valence-electron chi connectivity index (χ1n) is 10.0. The Kier molecular flexibility index (Phi) is 5.82. The number of hydrogen-bond acceptors (Lipinski definition) is 5. The predicted octanol–water partition coefficient (Wildman–Crippen LogP) is 5.25. The Morgan fingerprint density at radius 3 is 2.55 bits per heavy atom. The van der Waals surface area contributed by atoms with Gasteiger partial charge in [0.1, 0.15) is 6.10 Å². The standard InChI is InChI=1S/C23H22F3N3O2/c1-29-13-10-15(11-14-29)31-22(30)17-5-2-3-8-19(17)28-20-9-12-27-21-16(20)6-4-7-18(21)23(24,25)26/h2-9,12,15H,10-11,13-14H2,1H3,(H,27,28). The first kappa shape index (κ1) is 21.1. The highest BCUT2D eigenvalue weighted by molar-refractivity contribution is 6.00. The lowest BCUT2D eigenvalue weighted by atomic mass is 10.1. The number of esters is 1. The fourth-order valence-corrected chi connectivity index (χ4v) is 3.75. The van der Waals surface area contributed by atoms with Gasteiger partial charge in [0.15, 0.2) is 0 Å². The molecule has 1 N–H and O–H groups in total. The number of likely N-dealkylation sites (tertiary alicyclic amines) is 1. The van der Waals surface area contributed by atoms with E-state index in [4.69, 9.17) is 4.74 Å². The first-order valence-corrected chi connectivity index (χ1v) is 10.0. The average Bonchev–Trinajstić information content (AvgIpc) is 2.75. The smallest absolute Gasteiger partial charge is 0.418 e. The summed E-state index contributed by atoms with van der Waals surface area (Å²) in [4.78, 5) is 18.9. The number of para-hydroxylation sites is 2. The molecule has 0 saturated carbocycles. The van der Waals surface area contributed by atoms with Crippen molar-refractivity contribution in [2.24, 2.45) is 0 Å². The fourth-order valence-electron chi connectivity index (χ4n) is 3.75. The minimum Gasteiger partial charge on any atom is -0.459 e. The molecule has 3 aromatic rings. The average molecular weight is 429 g/mol. The van der Waals surface area contributed by atoms with E-state index in [1.54, 1.807) is 36.4 Å². The van der Waals surface area contributed by atoms with Crippen LogP contribution in [-0.4, -0.2) is 42.1 Å². The monoisotopic (exact) mass is 429 g/mol. The number of rotatable bonds is 4. The molecule has 1 aliphatic rings. The van der Waals surface area contributed by atoms with E-state index in [2.05, 4.69) is 15.2 Å².